The summed E-state index contributed by atoms with van der Waals surface area (Å²) in [6, 6.07) is 8.39. The molecule has 0 saturated carbocycles. The molecule has 1 heterocycles. The van der Waals surface area contributed by atoms with E-state index in [1.165, 1.54) is 5.56 Å². The number of nitrogens with one attached hydrogen (secondary N) is 2. The first-order valence-electron chi connectivity index (χ1n) is 6.12. The van der Waals surface area contributed by atoms with E-state index in [9.17, 15) is 0 Å². The van der Waals surface area contributed by atoms with E-state index in [1.807, 2.05) is 6.07 Å². The van der Waals surface area contributed by atoms with Gasteiger partial charge in [-0.2, -0.15) is 0 Å². The summed E-state index contributed by atoms with van der Waals surface area (Å²) in [6.45, 7) is 4.73. The molecule has 17 heavy (non-hydrogen) atoms. The lowest BCUT2D eigenvalue weighted by Gasteiger charge is -2.23. The van der Waals surface area contributed by atoms with Crippen LogP contribution < -0.4 is 10.6 Å². The molecule has 1 fully saturated rings. The predicted octanol–water partition coefficient (Wildman–Crippen LogP) is 1.92. The molecule has 1 aromatic rings. The average molecular weight is 299 g/mol. The zero-order valence-corrected chi connectivity index (χ0v) is 11.5. The van der Waals surface area contributed by atoms with Crippen LogP contribution in [0.25, 0.3) is 0 Å². The van der Waals surface area contributed by atoms with Gasteiger partial charge in [0.25, 0.3) is 0 Å². The number of rotatable bonds is 5. The Kier molecular flexibility index (Phi) is 5.45. The zero-order chi connectivity index (χ0) is 11.9. The fraction of sp³-hybridized carbons (Fsp3) is 0.538. The van der Waals surface area contributed by atoms with Gasteiger partial charge in [0.2, 0.25) is 0 Å². The molecular weight excluding hydrogens is 280 g/mol. The van der Waals surface area contributed by atoms with Crippen molar-refractivity contribution in [2.45, 2.75) is 19.1 Å². The van der Waals surface area contributed by atoms with Crippen LogP contribution in [0.2, 0.25) is 0 Å². The van der Waals surface area contributed by atoms with Crippen molar-refractivity contribution in [1.82, 2.24) is 10.6 Å². The molecular formula is C13H19BrN2O. The van der Waals surface area contributed by atoms with E-state index in [0.717, 1.165) is 43.7 Å². The Morgan fingerprint density at radius 1 is 1.47 bits per heavy atom. The molecule has 0 radical (unpaired) electrons. The van der Waals surface area contributed by atoms with Gasteiger partial charge in [0.1, 0.15) is 0 Å². The van der Waals surface area contributed by atoms with Crippen LogP contribution in [0.4, 0.5) is 0 Å². The molecule has 2 N–H and O–H groups in total. The van der Waals surface area contributed by atoms with E-state index in [-0.39, 0.29) is 0 Å². The number of ether oxygens (including phenoxy) is 1. The Bertz CT molecular complexity index is 340. The highest BCUT2D eigenvalue weighted by molar-refractivity contribution is 9.10. The third-order valence-corrected chi connectivity index (χ3v) is 3.36. The number of morpholine rings is 1. The summed E-state index contributed by atoms with van der Waals surface area (Å²) in [7, 11) is 0. The zero-order valence-electron chi connectivity index (χ0n) is 9.92. The van der Waals surface area contributed by atoms with Crippen LogP contribution in [0.1, 0.15) is 12.0 Å². The van der Waals surface area contributed by atoms with Crippen LogP contribution in [0.5, 0.6) is 0 Å². The highest BCUT2D eigenvalue weighted by atomic mass is 79.9. The Hall–Kier alpha value is -0.420. The quantitative estimate of drug-likeness (QED) is 0.815. The minimum Gasteiger partial charge on any atom is -0.376 e. The van der Waals surface area contributed by atoms with Gasteiger partial charge in [-0.05, 0) is 30.7 Å². The maximum atomic E-state index is 5.64. The molecule has 0 amide bonds. The smallest absolute Gasteiger partial charge is 0.0712 e. The Morgan fingerprint density at radius 3 is 3.18 bits per heavy atom. The maximum absolute atomic E-state index is 5.64. The monoisotopic (exact) mass is 298 g/mol. The molecule has 1 aliphatic rings. The van der Waals surface area contributed by atoms with Crippen LogP contribution >= 0.6 is 15.9 Å². The lowest BCUT2D eigenvalue weighted by atomic mass is 10.2. The summed E-state index contributed by atoms with van der Waals surface area (Å²) < 4.78 is 6.78. The van der Waals surface area contributed by atoms with Gasteiger partial charge < -0.3 is 15.4 Å². The lowest BCUT2D eigenvalue weighted by Crippen LogP contribution is -2.39. The van der Waals surface area contributed by atoms with Gasteiger partial charge in [-0.25, -0.2) is 0 Å². The normalized spacial score (nSPS) is 20.4. The largest absolute Gasteiger partial charge is 0.376 e. The highest BCUT2D eigenvalue weighted by Gasteiger charge is 2.11. The van der Waals surface area contributed by atoms with Crippen LogP contribution in [-0.2, 0) is 11.3 Å². The summed E-state index contributed by atoms with van der Waals surface area (Å²) in [6.07, 6.45) is 1.44. The van der Waals surface area contributed by atoms with E-state index in [2.05, 4.69) is 44.8 Å². The Morgan fingerprint density at radius 2 is 2.41 bits per heavy atom. The van der Waals surface area contributed by atoms with Gasteiger partial charge in [0, 0.05) is 24.1 Å². The van der Waals surface area contributed by atoms with Crippen molar-refractivity contribution in [2.24, 2.45) is 0 Å². The summed E-state index contributed by atoms with van der Waals surface area (Å²) in [5.41, 5.74) is 1.31. The van der Waals surface area contributed by atoms with E-state index in [4.69, 9.17) is 4.74 Å². The molecule has 1 atom stereocenters. The van der Waals surface area contributed by atoms with Gasteiger partial charge in [-0.1, -0.05) is 28.1 Å². The second-order valence-corrected chi connectivity index (χ2v) is 5.21. The first kappa shape index (κ1) is 13.0. The second kappa shape index (κ2) is 7.11. The average Bonchev–Trinajstić information content (AvgIpc) is 2.36. The molecule has 1 unspecified atom stereocenters. The molecule has 2 rings (SSSR count). The second-order valence-electron chi connectivity index (χ2n) is 4.29. The fourth-order valence-corrected chi connectivity index (χ4v) is 2.39. The van der Waals surface area contributed by atoms with Crippen molar-refractivity contribution in [1.29, 1.82) is 0 Å². The summed E-state index contributed by atoms with van der Waals surface area (Å²) in [5.74, 6) is 0. The molecule has 1 saturated heterocycles. The van der Waals surface area contributed by atoms with Crippen molar-refractivity contribution >= 4 is 15.9 Å². The summed E-state index contributed by atoms with van der Waals surface area (Å²) in [5, 5.41) is 6.79. The summed E-state index contributed by atoms with van der Waals surface area (Å²) in [4.78, 5) is 0. The standard InChI is InChI=1S/C13H19BrN2O/c14-12-3-1-2-11(8-12)9-15-5-4-13-10-16-6-7-17-13/h1-3,8,13,15-16H,4-7,9-10H2. The Labute approximate surface area is 111 Å². The Balaban J connectivity index is 1.62. The first-order valence-corrected chi connectivity index (χ1v) is 6.91. The fourth-order valence-electron chi connectivity index (χ4n) is 1.95. The van der Waals surface area contributed by atoms with Crippen molar-refractivity contribution in [3.8, 4) is 0 Å². The number of halogens is 1. The molecule has 1 aliphatic heterocycles. The molecule has 94 valence electrons. The topological polar surface area (TPSA) is 33.3 Å². The minimum atomic E-state index is 0.374. The molecule has 1 aromatic carbocycles. The van der Waals surface area contributed by atoms with Crippen molar-refractivity contribution < 1.29 is 4.74 Å². The highest BCUT2D eigenvalue weighted by Crippen LogP contribution is 2.11. The molecule has 0 aliphatic carbocycles. The number of benzene rings is 1. The molecule has 0 spiro atoms. The lowest BCUT2D eigenvalue weighted by molar-refractivity contribution is 0.0238. The van der Waals surface area contributed by atoms with Crippen LogP contribution in [0.3, 0.4) is 0 Å². The maximum Gasteiger partial charge on any atom is 0.0712 e. The third-order valence-electron chi connectivity index (χ3n) is 2.87. The van der Waals surface area contributed by atoms with Crippen LogP contribution in [0, 0.1) is 0 Å². The number of hydrogen-bond donors (Lipinski definition) is 2. The van der Waals surface area contributed by atoms with Crippen molar-refractivity contribution in [3.05, 3.63) is 34.3 Å². The minimum absolute atomic E-state index is 0.374. The molecule has 4 heteroatoms. The molecule has 0 bridgehead atoms. The van der Waals surface area contributed by atoms with E-state index in [1.54, 1.807) is 0 Å². The van der Waals surface area contributed by atoms with E-state index < -0.39 is 0 Å². The number of hydrogen-bond acceptors (Lipinski definition) is 3. The van der Waals surface area contributed by atoms with E-state index in [0.29, 0.717) is 6.10 Å². The predicted molar refractivity (Wildman–Crippen MR) is 73.1 cm³/mol. The van der Waals surface area contributed by atoms with Crippen molar-refractivity contribution in [2.75, 3.05) is 26.2 Å². The van der Waals surface area contributed by atoms with E-state index >= 15 is 0 Å². The van der Waals surface area contributed by atoms with Crippen LogP contribution in [-0.4, -0.2) is 32.3 Å². The van der Waals surface area contributed by atoms with Crippen LogP contribution in [0.15, 0.2) is 28.7 Å². The van der Waals surface area contributed by atoms with Crippen molar-refractivity contribution in [3.63, 3.8) is 0 Å². The molecule has 0 aromatic heterocycles. The van der Waals surface area contributed by atoms with Gasteiger partial charge in [-0.3, -0.25) is 0 Å². The van der Waals surface area contributed by atoms with Gasteiger partial charge in [0.05, 0.1) is 12.7 Å². The first-order chi connectivity index (χ1) is 8.34. The molecule has 3 nitrogen and oxygen atoms in total. The third kappa shape index (κ3) is 4.76. The SMILES string of the molecule is Brc1cccc(CNCCC2CNCCO2)c1. The summed E-state index contributed by atoms with van der Waals surface area (Å²) >= 11 is 3.48. The van der Waals surface area contributed by atoms with Gasteiger partial charge in [-0.15, -0.1) is 0 Å². The van der Waals surface area contributed by atoms with Gasteiger partial charge >= 0.3 is 0 Å². The van der Waals surface area contributed by atoms with Gasteiger partial charge in [0.15, 0.2) is 0 Å².